The van der Waals surface area contributed by atoms with Gasteiger partial charge >= 0.3 is 0 Å². The number of fused-ring (bicyclic) bond motifs is 3. The second-order valence-electron chi connectivity index (χ2n) is 9.48. The summed E-state index contributed by atoms with van der Waals surface area (Å²) in [6.45, 7) is 4.65. The van der Waals surface area contributed by atoms with Crippen LogP contribution in [0.5, 0.6) is 0 Å². The molecule has 0 bridgehead atoms. The fourth-order valence-electron chi connectivity index (χ4n) is 5.42. The highest BCUT2D eigenvalue weighted by Crippen LogP contribution is 2.52. The molecule has 1 aliphatic carbocycles. The van der Waals surface area contributed by atoms with Crippen molar-refractivity contribution in [2.45, 2.75) is 19.3 Å². The SMILES string of the molecule is CC1(C)c2ccccc2-c2c(Nc3ccccc3-c3ccccc3-c3ccccc3)cccc21. The van der Waals surface area contributed by atoms with Crippen molar-refractivity contribution in [3.05, 3.63) is 132 Å². The lowest BCUT2D eigenvalue weighted by Gasteiger charge is -2.22. The van der Waals surface area contributed by atoms with Gasteiger partial charge in [0.05, 0.1) is 0 Å². The molecule has 5 aromatic carbocycles. The van der Waals surface area contributed by atoms with Gasteiger partial charge in [-0.25, -0.2) is 0 Å². The number of benzene rings is 5. The Labute approximate surface area is 201 Å². The Morgan fingerprint density at radius 1 is 0.441 bits per heavy atom. The third-order valence-electron chi connectivity index (χ3n) is 7.11. The van der Waals surface area contributed by atoms with Gasteiger partial charge in [0.15, 0.2) is 0 Å². The van der Waals surface area contributed by atoms with Crippen molar-refractivity contribution in [1.29, 1.82) is 0 Å². The van der Waals surface area contributed by atoms with Gasteiger partial charge in [-0.05, 0) is 45.5 Å². The summed E-state index contributed by atoms with van der Waals surface area (Å²) in [7, 11) is 0. The lowest BCUT2D eigenvalue weighted by molar-refractivity contribution is 0.660. The number of hydrogen-bond acceptors (Lipinski definition) is 1. The van der Waals surface area contributed by atoms with E-state index in [1.807, 2.05) is 0 Å². The molecule has 6 rings (SSSR count). The fraction of sp³-hybridized carbons (Fsp3) is 0.0909. The van der Waals surface area contributed by atoms with E-state index in [4.69, 9.17) is 0 Å². The quantitative estimate of drug-likeness (QED) is 0.296. The van der Waals surface area contributed by atoms with Crippen molar-refractivity contribution >= 4 is 11.4 Å². The minimum Gasteiger partial charge on any atom is -0.355 e. The van der Waals surface area contributed by atoms with Crippen LogP contribution in [0.4, 0.5) is 11.4 Å². The van der Waals surface area contributed by atoms with Gasteiger partial charge in [0.2, 0.25) is 0 Å². The van der Waals surface area contributed by atoms with Crippen LogP contribution < -0.4 is 5.32 Å². The van der Waals surface area contributed by atoms with E-state index in [1.54, 1.807) is 0 Å². The lowest BCUT2D eigenvalue weighted by Crippen LogP contribution is -2.14. The van der Waals surface area contributed by atoms with Crippen molar-refractivity contribution in [2.24, 2.45) is 0 Å². The van der Waals surface area contributed by atoms with Crippen molar-refractivity contribution in [1.82, 2.24) is 0 Å². The summed E-state index contributed by atoms with van der Waals surface area (Å²) in [5, 5.41) is 3.83. The minimum atomic E-state index is -0.0109. The number of rotatable bonds is 4. The molecule has 0 fully saturated rings. The molecule has 34 heavy (non-hydrogen) atoms. The van der Waals surface area contributed by atoms with Crippen LogP contribution in [-0.4, -0.2) is 0 Å². The summed E-state index contributed by atoms with van der Waals surface area (Å²) in [5.41, 5.74) is 12.6. The van der Waals surface area contributed by atoms with Crippen molar-refractivity contribution in [3.8, 4) is 33.4 Å². The second kappa shape index (κ2) is 8.04. The third-order valence-corrected chi connectivity index (χ3v) is 7.11. The van der Waals surface area contributed by atoms with Gasteiger partial charge in [0, 0.05) is 27.9 Å². The number of anilines is 2. The summed E-state index contributed by atoms with van der Waals surface area (Å²) in [5.74, 6) is 0. The van der Waals surface area contributed by atoms with E-state index in [9.17, 15) is 0 Å². The first-order chi connectivity index (χ1) is 16.6. The number of nitrogens with one attached hydrogen (secondary N) is 1. The first-order valence-electron chi connectivity index (χ1n) is 11.9. The van der Waals surface area contributed by atoms with Crippen LogP contribution >= 0.6 is 0 Å². The summed E-state index contributed by atoms with van der Waals surface area (Å²) in [6, 6.07) is 43.4. The zero-order valence-corrected chi connectivity index (χ0v) is 19.5. The van der Waals surface area contributed by atoms with Crippen LogP contribution in [-0.2, 0) is 5.41 Å². The zero-order chi connectivity index (χ0) is 23.1. The Bertz CT molecular complexity index is 1490. The highest BCUT2D eigenvalue weighted by atomic mass is 14.9. The van der Waals surface area contributed by atoms with Crippen LogP contribution in [0.15, 0.2) is 121 Å². The molecular weight excluding hydrogens is 410 g/mol. The molecule has 0 aliphatic heterocycles. The smallest absolute Gasteiger partial charge is 0.0467 e. The molecule has 0 spiro atoms. The van der Waals surface area contributed by atoms with Gasteiger partial charge in [-0.1, -0.05) is 123 Å². The maximum absolute atomic E-state index is 3.83. The van der Waals surface area contributed by atoms with E-state index in [0.29, 0.717) is 0 Å². The van der Waals surface area contributed by atoms with E-state index < -0.39 is 0 Å². The highest BCUT2D eigenvalue weighted by Gasteiger charge is 2.36. The summed E-state index contributed by atoms with van der Waals surface area (Å²) < 4.78 is 0. The lowest BCUT2D eigenvalue weighted by atomic mass is 9.82. The van der Waals surface area contributed by atoms with Gasteiger partial charge in [-0.2, -0.15) is 0 Å². The predicted octanol–water partition coefficient (Wildman–Crippen LogP) is 9.07. The maximum atomic E-state index is 3.83. The molecule has 0 aromatic heterocycles. The molecule has 5 aromatic rings. The molecule has 1 heteroatoms. The monoisotopic (exact) mass is 437 g/mol. The first-order valence-corrected chi connectivity index (χ1v) is 11.9. The molecule has 0 unspecified atom stereocenters. The maximum Gasteiger partial charge on any atom is 0.0467 e. The van der Waals surface area contributed by atoms with E-state index in [2.05, 4.69) is 140 Å². The predicted molar refractivity (Wildman–Crippen MR) is 145 cm³/mol. The molecule has 1 N–H and O–H groups in total. The van der Waals surface area contributed by atoms with Crippen molar-refractivity contribution < 1.29 is 0 Å². The van der Waals surface area contributed by atoms with E-state index in [0.717, 1.165) is 11.4 Å². The van der Waals surface area contributed by atoms with Crippen LogP contribution in [0.1, 0.15) is 25.0 Å². The third kappa shape index (κ3) is 3.24. The molecule has 0 saturated heterocycles. The Kier molecular flexibility index (Phi) is 4.85. The average Bonchev–Trinajstić information content (AvgIpc) is 3.13. The summed E-state index contributed by atoms with van der Waals surface area (Å²) >= 11 is 0. The van der Waals surface area contributed by atoms with E-state index in [1.165, 1.54) is 44.5 Å². The Balaban J connectivity index is 1.49. The molecule has 0 radical (unpaired) electrons. The molecular formula is C33H27N. The zero-order valence-electron chi connectivity index (χ0n) is 19.5. The molecule has 0 atom stereocenters. The van der Waals surface area contributed by atoms with Gasteiger partial charge in [-0.3, -0.25) is 0 Å². The molecule has 1 nitrogen and oxygen atoms in total. The fourth-order valence-corrected chi connectivity index (χ4v) is 5.42. The van der Waals surface area contributed by atoms with Gasteiger partial charge in [-0.15, -0.1) is 0 Å². The molecule has 0 amide bonds. The Morgan fingerprint density at radius 3 is 1.79 bits per heavy atom. The minimum absolute atomic E-state index is 0.0109. The van der Waals surface area contributed by atoms with E-state index >= 15 is 0 Å². The van der Waals surface area contributed by atoms with Crippen LogP contribution in [0, 0.1) is 0 Å². The first kappa shape index (κ1) is 20.5. The highest BCUT2D eigenvalue weighted by molar-refractivity contribution is 5.95. The van der Waals surface area contributed by atoms with Gasteiger partial charge in [0.25, 0.3) is 0 Å². The molecule has 0 heterocycles. The molecule has 1 aliphatic rings. The Morgan fingerprint density at radius 2 is 1.00 bits per heavy atom. The van der Waals surface area contributed by atoms with E-state index in [-0.39, 0.29) is 5.41 Å². The molecule has 164 valence electrons. The average molecular weight is 438 g/mol. The number of hydrogen-bond donors (Lipinski definition) is 1. The largest absolute Gasteiger partial charge is 0.355 e. The molecule has 0 saturated carbocycles. The van der Waals surface area contributed by atoms with Crippen LogP contribution in [0.3, 0.4) is 0 Å². The topological polar surface area (TPSA) is 12.0 Å². The van der Waals surface area contributed by atoms with Crippen LogP contribution in [0.25, 0.3) is 33.4 Å². The van der Waals surface area contributed by atoms with Crippen molar-refractivity contribution in [3.63, 3.8) is 0 Å². The Hall–Kier alpha value is -4.10. The van der Waals surface area contributed by atoms with Crippen molar-refractivity contribution in [2.75, 3.05) is 5.32 Å². The normalized spacial score (nSPS) is 13.2. The number of para-hydroxylation sites is 1. The summed E-state index contributed by atoms with van der Waals surface area (Å²) in [4.78, 5) is 0. The van der Waals surface area contributed by atoms with Crippen LogP contribution in [0.2, 0.25) is 0 Å². The second-order valence-corrected chi connectivity index (χ2v) is 9.48. The standard InChI is InChI=1S/C33H27N/c1-33(2)28-19-10-8-18-27(28)32-29(33)20-12-22-31(32)34-30-21-11-9-17-26(30)25-16-7-6-15-24(25)23-13-4-3-5-14-23/h3-22,34H,1-2H3. The van der Waals surface area contributed by atoms with Gasteiger partial charge in [0.1, 0.15) is 0 Å². The summed E-state index contributed by atoms with van der Waals surface area (Å²) in [6.07, 6.45) is 0. The van der Waals surface area contributed by atoms with Gasteiger partial charge < -0.3 is 5.32 Å².